The Bertz CT molecular complexity index is 501. The first-order chi connectivity index (χ1) is 6.89. The van der Waals surface area contributed by atoms with Crippen molar-refractivity contribution in [3.05, 3.63) is 29.5 Å². The highest BCUT2D eigenvalue weighted by atomic mass is 15.3. The van der Waals surface area contributed by atoms with Gasteiger partial charge in [-0.25, -0.2) is 0 Å². The molecule has 2 aromatic rings. The molecule has 15 heavy (non-hydrogen) atoms. The molecular weight excluding hydrogens is 184 g/mol. The molecule has 0 aliphatic carbocycles. The van der Waals surface area contributed by atoms with E-state index in [2.05, 4.69) is 51.0 Å². The molecule has 2 rings (SSSR count). The summed E-state index contributed by atoms with van der Waals surface area (Å²) in [7, 11) is 2.00. The number of rotatable bonds is 0. The second kappa shape index (κ2) is 3.09. The van der Waals surface area contributed by atoms with Crippen LogP contribution in [-0.2, 0) is 12.5 Å². The number of aryl methyl sites for hydroxylation is 2. The van der Waals surface area contributed by atoms with E-state index in [0.717, 1.165) is 5.69 Å². The van der Waals surface area contributed by atoms with Gasteiger partial charge in [0.05, 0.1) is 11.2 Å². The number of aromatic nitrogens is 2. The standard InChI is InChI=1S/C13H18N2/c1-9-11-7-6-10(13(2,3)4)8-12(11)15(5)14-9/h6-8H,1-5H3. The van der Waals surface area contributed by atoms with Crippen molar-refractivity contribution in [3.8, 4) is 0 Å². The highest BCUT2D eigenvalue weighted by molar-refractivity contribution is 5.82. The number of benzene rings is 1. The summed E-state index contributed by atoms with van der Waals surface area (Å²) in [5.41, 5.74) is 3.89. The van der Waals surface area contributed by atoms with E-state index in [1.807, 2.05) is 11.7 Å². The quantitative estimate of drug-likeness (QED) is 0.641. The van der Waals surface area contributed by atoms with Gasteiger partial charge in [-0.15, -0.1) is 0 Å². The van der Waals surface area contributed by atoms with Gasteiger partial charge in [-0.3, -0.25) is 4.68 Å². The van der Waals surface area contributed by atoms with Gasteiger partial charge in [-0.1, -0.05) is 32.9 Å². The maximum absolute atomic E-state index is 4.43. The summed E-state index contributed by atoms with van der Waals surface area (Å²) in [4.78, 5) is 0. The first-order valence-electron chi connectivity index (χ1n) is 5.33. The van der Waals surface area contributed by atoms with Crippen LogP contribution in [0.15, 0.2) is 18.2 Å². The number of nitrogens with zero attached hydrogens (tertiary/aromatic N) is 2. The van der Waals surface area contributed by atoms with Gasteiger partial charge in [0.25, 0.3) is 0 Å². The Labute approximate surface area is 90.9 Å². The van der Waals surface area contributed by atoms with Crippen molar-refractivity contribution < 1.29 is 0 Å². The van der Waals surface area contributed by atoms with E-state index in [4.69, 9.17) is 0 Å². The minimum absolute atomic E-state index is 0.201. The SMILES string of the molecule is Cc1nn(C)c2cc(C(C)(C)C)ccc12. The Hall–Kier alpha value is -1.31. The van der Waals surface area contributed by atoms with Gasteiger partial charge < -0.3 is 0 Å². The molecule has 0 saturated heterocycles. The van der Waals surface area contributed by atoms with E-state index >= 15 is 0 Å². The van der Waals surface area contributed by atoms with Crippen molar-refractivity contribution in [2.45, 2.75) is 33.1 Å². The van der Waals surface area contributed by atoms with E-state index in [0.29, 0.717) is 0 Å². The van der Waals surface area contributed by atoms with Gasteiger partial charge in [0.15, 0.2) is 0 Å². The molecule has 0 spiro atoms. The zero-order chi connectivity index (χ0) is 11.2. The van der Waals surface area contributed by atoms with Crippen molar-refractivity contribution in [2.75, 3.05) is 0 Å². The Morgan fingerprint density at radius 3 is 2.47 bits per heavy atom. The van der Waals surface area contributed by atoms with E-state index in [-0.39, 0.29) is 5.41 Å². The third-order valence-corrected chi connectivity index (χ3v) is 2.90. The highest BCUT2D eigenvalue weighted by Crippen LogP contribution is 2.26. The topological polar surface area (TPSA) is 17.8 Å². The van der Waals surface area contributed by atoms with Crippen LogP contribution in [0.4, 0.5) is 0 Å². The van der Waals surface area contributed by atoms with E-state index in [1.165, 1.54) is 16.5 Å². The molecule has 0 bridgehead atoms. The third kappa shape index (κ3) is 1.65. The van der Waals surface area contributed by atoms with Gasteiger partial charge >= 0.3 is 0 Å². The van der Waals surface area contributed by atoms with Crippen molar-refractivity contribution >= 4 is 10.9 Å². The van der Waals surface area contributed by atoms with Crippen LogP contribution in [0.2, 0.25) is 0 Å². The summed E-state index contributed by atoms with van der Waals surface area (Å²) in [6.45, 7) is 8.76. The molecule has 1 aromatic carbocycles. The molecule has 0 fully saturated rings. The average Bonchev–Trinajstić information content (AvgIpc) is 2.41. The molecule has 0 amide bonds. The molecule has 0 N–H and O–H groups in total. The molecule has 1 heterocycles. The molecule has 80 valence electrons. The maximum atomic E-state index is 4.43. The van der Waals surface area contributed by atoms with E-state index in [1.54, 1.807) is 0 Å². The fourth-order valence-corrected chi connectivity index (χ4v) is 1.90. The van der Waals surface area contributed by atoms with Crippen LogP contribution in [0.1, 0.15) is 32.0 Å². The lowest BCUT2D eigenvalue weighted by Crippen LogP contribution is -2.10. The van der Waals surface area contributed by atoms with E-state index < -0.39 is 0 Å². The van der Waals surface area contributed by atoms with Gasteiger partial charge in [-0.05, 0) is 24.0 Å². The summed E-state index contributed by atoms with van der Waals surface area (Å²) in [5.74, 6) is 0. The molecule has 0 aliphatic heterocycles. The van der Waals surface area contributed by atoms with Crippen LogP contribution in [0, 0.1) is 6.92 Å². The first kappa shape index (κ1) is 10.2. The fourth-order valence-electron chi connectivity index (χ4n) is 1.90. The molecule has 1 aromatic heterocycles. The number of fused-ring (bicyclic) bond motifs is 1. The van der Waals surface area contributed by atoms with Crippen LogP contribution < -0.4 is 0 Å². The minimum Gasteiger partial charge on any atom is -0.268 e. The number of hydrogen-bond acceptors (Lipinski definition) is 1. The first-order valence-corrected chi connectivity index (χ1v) is 5.33. The molecule has 0 unspecified atom stereocenters. The van der Waals surface area contributed by atoms with Crippen LogP contribution in [0.25, 0.3) is 10.9 Å². The Kier molecular flexibility index (Phi) is 2.10. The van der Waals surface area contributed by atoms with Gasteiger partial charge in [0.2, 0.25) is 0 Å². The van der Waals surface area contributed by atoms with Crippen LogP contribution in [0.3, 0.4) is 0 Å². The van der Waals surface area contributed by atoms with Crippen molar-refractivity contribution in [2.24, 2.45) is 7.05 Å². The molecule has 2 heteroatoms. The molecular formula is C13H18N2. The Balaban J connectivity index is 2.71. The lowest BCUT2D eigenvalue weighted by molar-refractivity contribution is 0.590. The summed E-state index contributed by atoms with van der Waals surface area (Å²) >= 11 is 0. The predicted octanol–water partition coefficient (Wildman–Crippen LogP) is 3.18. The molecule has 0 aliphatic rings. The van der Waals surface area contributed by atoms with E-state index in [9.17, 15) is 0 Å². The average molecular weight is 202 g/mol. The predicted molar refractivity (Wildman–Crippen MR) is 64.2 cm³/mol. The molecule has 2 nitrogen and oxygen atoms in total. The second-order valence-electron chi connectivity index (χ2n) is 5.19. The smallest absolute Gasteiger partial charge is 0.0684 e. The van der Waals surface area contributed by atoms with Crippen molar-refractivity contribution in [3.63, 3.8) is 0 Å². The van der Waals surface area contributed by atoms with Crippen molar-refractivity contribution in [1.82, 2.24) is 9.78 Å². The summed E-state index contributed by atoms with van der Waals surface area (Å²) in [6.07, 6.45) is 0. The Morgan fingerprint density at radius 2 is 1.87 bits per heavy atom. The third-order valence-electron chi connectivity index (χ3n) is 2.90. The summed E-state index contributed by atoms with van der Waals surface area (Å²) < 4.78 is 1.96. The summed E-state index contributed by atoms with van der Waals surface area (Å²) in [6, 6.07) is 6.63. The van der Waals surface area contributed by atoms with Crippen LogP contribution in [-0.4, -0.2) is 9.78 Å². The summed E-state index contributed by atoms with van der Waals surface area (Å²) in [5, 5.41) is 5.69. The maximum Gasteiger partial charge on any atom is 0.0684 e. The molecule has 0 radical (unpaired) electrons. The molecule has 0 saturated carbocycles. The van der Waals surface area contributed by atoms with Crippen LogP contribution in [0.5, 0.6) is 0 Å². The second-order valence-corrected chi connectivity index (χ2v) is 5.19. The van der Waals surface area contributed by atoms with Crippen molar-refractivity contribution in [1.29, 1.82) is 0 Å². The lowest BCUT2D eigenvalue weighted by Gasteiger charge is -2.18. The lowest BCUT2D eigenvalue weighted by atomic mass is 9.86. The van der Waals surface area contributed by atoms with Gasteiger partial charge in [0.1, 0.15) is 0 Å². The monoisotopic (exact) mass is 202 g/mol. The largest absolute Gasteiger partial charge is 0.268 e. The Morgan fingerprint density at radius 1 is 1.20 bits per heavy atom. The van der Waals surface area contributed by atoms with Gasteiger partial charge in [0, 0.05) is 12.4 Å². The van der Waals surface area contributed by atoms with Crippen LogP contribution >= 0.6 is 0 Å². The minimum atomic E-state index is 0.201. The number of hydrogen-bond donors (Lipinski definition) is 0. The fraction of sp³-hybridized carbons (Fsp3) is 0.462. The normalized spacial score (nSPS) is 12.3. The zero-order valence-corrected chi connectivity index (χ0v) is 10.1. The highest BCUT2D eigenvalue weighted by Gasteiger charge is 2.15. The zero-order valence-electron chi connectivity index (χ0n) is 10.1. The van der Waals surface area contributed by atoms with Gasteiger partial charge in [-0.2, -0.15) is 5.10 Å². The molecule has 0 atom stereocenters.